The number of hydrogen-bond donors (Lipinski definition) is 4. The Morgan fingerprint density at radius 1 is 1.04 bits per heavy atom. The van der Waals surface area contributed by atoms with E-state index in [-0.39, 0.29) is 19.6 Å². The van der Waals surface area contributed by atoms with Crippen molar-refractivity contribution in [3.05, 3.63) is 24.0 Å². The molecule has 8 rings (SSSR count). The van der Waals surface area contributed by atoms with Gasteiger partial charge < -0.3 is 53.6 Å². The number of esters is 2. The number of carbonyl (C=O) groups excluding carboxylic acids is 2. The molecule has 5 aliphatic heterocycles. The van der Waals surface area contributed by atoms with E-state index in [2.05, 4.69) is 0 Å². The SMILES string of the molecule is C/C=C(\C)C(=O)O[C@H]1C[C@@H](OC(C)=O)[C@@]2(CO)CO[C@@H]3C2[C@]12CO[C@H](O)[C@H]2[C@](C)([C@]12O[C@@]1(C)[C@H]1C[C@@H]2O[C@@H]2OC=C[C@@]21O)[C@@H]3O. The Labute approximate surface area is 260 Å². The highest BCUT2D eigenvalue weighted by molar-refractivity contribution is 5.87. The van der Waals surface area contributed by atoms with Crippen LogP contribution in [0.2, 0.25) is 0 Å². The van der Waals surface area contributed by atoms with Crippen LogP contribution in [0.15, 0.2) is 24.0 Å². The molecule has 2 bridgehead atoms. The molecule has 0 radical (unpaired) electrons. The van der Waals surface area contributed by atoms with E-state index in [1.807, 2.05) is 13.8 Å². The third-order valence-corrected chi connectivity index (χ3v) is 13.5. The molecule has 248 valence electrons. The lowest BCUT2D eigenvalue weighted by Crippen LogP contribution is -2.77. The molecule has 3 aliphatic carbocycles. The molecule has 0 aromatic rings. The summed E-state index contributed by atoms with van der Waals surface area (Å²) < 4.78 is 43.4. The van der Waals surface area contributed by atoms with Gasteiger partial charge in [-0.15, -0.1) is 0 Å². The smallest absolute Gasteiger partial charge is 0.333 e. The molecular formula is C32H42O13. The predicted molar refractivity (Wildman–Crippen MR) is 148 cm³/mol. The van der Waals surface area contributed by atoms with E-state index >= 15 is 0 Å². The van der Waals surface area contributed by atoms with Gasteiger partial charge in [0.15, 0.2) is 11.9 Å². The number of ether oxygens (including phenoxy) is 7. The van der Waals surface area contributed by atoms with Crippen LogP contribution in [0.25, 0.3) is 0 Å². The Hall–Kier alpha value is -2.10. The molecule has 16 atom stereocenters. The first kappa shape index (κ1) is 30.2. The van der Waals surface area contributed by atoms with Crippen molar-refractivity contribution in [2.45, 2.75) is 107 Å². The average molecular weight is 635 g/mol. The number of allylic oxidation sites excluding steroid dienone is 1. The van der Waals surface area contributed by atoms with Crippen molar-refractivity contribution in [3.63, 3.8) is 0 Å². The van der Waals surface area contributed by atoms with Crippen LogP contribution < -0.4 is 0 Å². The van der Waals surface area contributed by atoms with Gasteiger partial charge in [-0.25, -0.2) is 4.79 Å². The second-order valence-corrected chi connectivity index (χ2v) is 14.9. The Kier molecular flexibility index (Phi) is 6.10. The summed E-state index contributed by atoms with van der Waals surface area (Å²) in [6.45, 7) is 7.79. The van der Waals surface area contributed by atoms with E-state index in [0.29, 0.717) is 12.0 Å². The summed E-state index contributed by atoms with van der Waals surface area (Å²) >= 11 is 0. The number of carbonyl (C=O) groups is 2. The Balaban J connectivity index is 1.32. The minimum atomic E-state index is -1.45. The average Bonchev–Trinajstić information content (AvgIpc) is 3.39. The van der Waals surface area contributed by atoms with Crippen LogP contribution in [0.3, 0.4) is 0 Å². The monoisotopic (exact) mass is 634 g/mol. The maximum Gasteiger partial charge on any atom is 0.333 e. The van der Waals surface area contributed by atoms with Crippen molar-refractivity contribution in [2.24, 2.45) is 34.0 Å². The number of rotatable bonds is 5. The zero-order chi connectivity index (χ0) is 32.1. The van der Waals surface area contributed by atoms with Crippen LogP contribution in [-0.4, -0.2) is 112 Å². The third-order valence-electron chi connectivity index (χ3n) is 13.5. The molecule has 5 heterocycles. The van der Waals surface area contributed by atoms with E-state index in [4.69, 9.17) is 33.2 Å². The van der Waals surface area contributed by atoms with Gasteiger partial charge in [-0.1, -0.05) is 13.0 Å². The maximum absolute atomic E-state index is 13.4. The van der Waals surface area contributed by atoms with Gasteiger partial charge in [0.1, 0.15) is 23.4 Å². The molecule has 4 saturated heterocycles. The minimum absolute atomic E-state index is 0.0162. The van der Waals surface area contributed by atoms with Gasteiger partial charge in [0.25, 0.3) is 0 Å². The fourth-order valence-electron chi connectivity index (χ4n) is 11.6. The van der Waals surface area contributed by atoms with Gasteiger partial charge in [-0.05, 0) is 33.3 Å². The van der Waals surface area contributed by atoms with Gasteiger partial charge in [-0.3, -0.25) is 4.79 Å². The number of fused-ring (bicyclic) bond motifs is 7. The van der Waals surface area contributed by atoms with Gasteiger partial charge in [0, 0.05) is 47.5 Å². The normalized spacial score (nSPS) is 58.2. The molecule has 13 nitrogen and oxygen atoms in total. The van der Waals surface area contributed by atoms with Crippen LogP contribution in [-0.2, 0) is 42.7 Å². The molecule has 45 heavy (non-hydrogen) atoms. The molecule has 13 heteroatoms. The highest BCUT2D eigenvalue weighted by Crippen LogP contribution is 2.82. The standard InChI is InChI=1S/C32H42O13/c1-6-14(2)24(36)43-18-10-17(42-15(3)34)29(11-33)12-40-20-21(29)30(18)13-41-25(37)22(30)27(4,23(20)35)32-19-9-16(28(32,5)45-32)31(38)7-8-39-26(31)44-19/h6-8,16-23,25-26,33,35,37-38H,9-13H2,1-5H3/b14-6+/t16-,17-,18+,19+,20-,21?,22+,23-,25+,26+,27+,28+,29-,30+,31+,32+/m1/s1. The van der Waals surface area contributed by atoms with Gasteiger partial charge >= 0.3 is 11.9 Å². The van der Waals surface area contributed by atoms with Crippen molar-refractivity contribution >= 4 is 11.9 Å². The van der Waals surface area contributed by atoms with E-state index < -0.39 is 112 Å². The Morgan fingerprint density at radius 3 is 2.49 bits per heavy atom. The molecule has 7 fully saturated rings. The predicted octanol–water partition coefficient (Wildman–Crippen LogP) is 0.0730. The highest BCUT2D eigenvalue weighted by atomic mass is 16.7. The second-order valence-electron chi connectivity index (χ2n) is 14.9. The maximum atomic E-state index is 13.4. The quantitative estimate of drug-likeness (QED) is 0.181. The van der Waals surface area contributed by atoms with Gasteiger partial charge in [0.05, 0.1) is 49.8 Å². The lowest BCUT2D eigenvalue weighted by Gasteiger charge is -2.65. The summed E-state index contributed by atoms with van der Waals surface area (Å²) in [4.78, 5) is 25.8. The van der Waals surface area contributed by atoms with Crippen LogP contribution in [0, 0.1) is 34.0 Å². The zero-order valence-corrected chi connectivity index (χ0v) is 26.0. The van der Waals surface area contributed by atoms with Gasteiger partial charge in [-0.2, -0.15) is 0 Å². The third kappa shape index (κ3) is 3.13. The Morgan fingerprint density at radius 2 is 1.80 bits per heavy atom. The van der Waals surface area contributed by atoms with Crippen LogP contribution in [0.1, 0.15) is 47.5 Å². The second kappa shape index (κ2) is 9.07. The van der Waals surface area contributed by atoms with Crippen LogP contribution in [0.4, 0.5) is 0 Å². The number of epoxide rings is 1. The van der Waals surface area contributed by atoms with E-state index in [1.54, 1.807) is 26.0 Å². The summed E-state index contributed by atoms with van der Waals surface area (Å²) in [6.07, 6.45) is -2.07. The molecule has 1 unspecified atom stereocenters. The van der Waals surface area contributed by atoms with Crippen LogP contribution >= 0.6 is 0 Å². The Bertz CT molecular complexity index is 1400. The summed E-state index contributed by atoms with van der Waals surface area (Å²) in [5.74, 6) is -3.27. The molecular weight excluding hydrogens is 592 g/mol. The lowest BCUT2D eigenvalue weighted by molar-refractivity contribution is -0.304. The first-order valence-electron chi connectivity index (χ1n) is 15.9. The van der Waals surface area contributed by atoms with E-state index in [1.165, 1.54) is 13.2 Å². The van der Waals surface area contributed by atoms with Crippen molar-refractivity contribution in [2.75, 3.05) is 19.8 Å². The van der Waals surface area contributed by atoms with Crippen molar-refractivity contribution in [1.82, 2.24) is 0 Å². The number of aliphatic hydroxyl groups excluding tert-OH is 3. The van der Waals surface area contributed by atoms with E-state index in [9.17, 15) is 30.0 Å². The fraction of sp³-hybridized carbons (Fsp3) is 0.812. The highest BCUT2D eigenvalue weighted by Gasteiger charge is 2.95. The van der Waals surface area contributed by atoms with Gasteiger partial charge in [0.2, 0.25) is 6.29 Å². The van der Waals surface area contributed by atoms with Crippen molar-refractivity contribution < 1.29 is 63.2 Å². The summed E-state index contributed by atoms with van der Waals surface area (Å²) in [5, 5.41) is 47.3. The molecule has 0 aromatic heterocycles. The molecule has 1 spiro atoms. The molecule has 4 N–H and O–H groups in total. The number of aliphatic hydroxyl groups is 4. The molecule has 0 aromatic carbocycles. The molecule has 0 amide bonds. The van der Waals surface area contributed by atoms with E-state index in [0.717, 1.165) is 0 Å². The summed E-state index contributed by atoms with van der Waals surface area (Å²) in [5.41, 5.74) is -7.05. The topological polar surface area (TPSA) is 183 Å². The first-order valence-corrected chi connectivity index (χ1v) is 15.9. The number of hydrogen-bond acceptors (Lipinski definition) is 13. The lowest BCUT2D eigenvalue weighted by atomic mass is 9.38. The molecule has 3 saturated carbocycles. The van der Waals surface area contributed by atoms with Crippen molar-refractivity contribution in [3.8, 4) is 0 Å². The molecule has 8 aliphatic rings. The summed E-state index contributed by atoms with van der Waals surface area (Å²) in [7, 11) is 0. The van der Waals surface area contributed by atoms with Crippen molar-refractivity contribution in [1.29, 1.82) is 0 Å². The zero-order valence-electron chi connectivity index (χ0n) is 26.0. The summed E-state index contributed by atoms with van der Waals surface area (Å²) in [6, 6.07) is 0. The first-order chi connectivity index (χ1) is 21.2. The minimum Gasteiger partial charge on any atom is -0.469 e. The largest absolute Gasteiger partial charge is 0.469 e. The van der Waals surface area contributed by atoms with Crippen LogP contribution in [0.5, 0.6) is 0 Å². The fourth-order valence-corrected chi connectivity index (χ4v) is 11.6.